The summed E-state index contributed by atoms with van der Waals surface area (Å²) in [6.45, 7) is 4.91. The van der Waals surface area contributed by atoms with Crippen LogP contribution in [-0.4, -0.2) is 37.4 Å². The van der Waals surface area contributed by atoms with Gasteiger partial charge in [-0.2, -0.15) is 0 Å². The molecule has 1 aliphatic carbocycles. The van der Waals surface area contributed by atoms with Crippen LogP contribution in [0.3, 0.4) is 0 Å². The minimum atomic E-state index is 0.156. The standard InChI is InChI=1S/C24H28N4OS/c1-17-8-7-11-21(14-17)23-25-26-24(27(23)3)30-16-22(29)28(18(2)20-12-13-20)15-19-9-5-4-6-10-19/h4-11,14,18,20H,12-13,15-16H2,1-3H3. The number of rotatable bonds is 8. The Morgan fingerprint density at radius 3 is 2.63 bits per heavy atom. The molecule has 1 atom stereocenters. The third-order valence-electron chi connectivity index (χ3n) is 5.75. The first kappa shape index (κ1) is 20.7. The smallest absolute Gasteiger partial charge is 0.233 e. The van der Waals surface area contributed by atoms with Gasteiger partial charge < -0.3 is 9.47 Å². The monoisotopic (exact) mass is 420 g/mol. The van der Waals surface area contributed by atoms with Gasteiger partial charge in [0.25, 0.3) is 0 Å². The van der Waals surface area contributed by atoms with Gasteiger partial charge in [-0.3, -0.25) is 4.79 Å². The lowest BCUT2D eigenvalue weighted by Gasteiger charge is -2.29. The fourth-order valence-corrected chi connectivity index (χ4v) is 4.55. The Kier molecular flexibility index (Phi) is 6.23. The third kappa shape index (κ3) is 4.75. The minimum absolute atomic E-state index is 0.156. The Morgan fingerprint density at radius 2 is 1.93 bits per heavy atom. The maximum absolute atomic E-state index is 13.2. The molecule has 5 nitrogen and oxygen atoms in total. The maximum atomic E-state index is 13.2. The van der Waals surface area contributed by atoms with Gasteiger partial charge in [-0.15, -0.1) is 10.2 Å². The van der Waals surface area contributed by atoms with Gasteiger partial charge in [0.15, 0.2) is 11.0 Å². The van der Waals surface area contributed by atoms with Crippen molar-refractivity contribution < 1.29 is 4.79 Å². The lowest BCUT2D eigenvalue weighted by Crippen LogP contribution is -2.40. The van der Waals surface area contributed by atoms with Crippen molar-refractivity contribution in [1.82, 2.24) is 19.7 Å². The van der Waals surface area contributed by atoms with E-state index < -0.39 is 0 Å². The first-order valence-corrected chi connectivity index (χ1v) is 11.4. The molecule has 1 amide bonds. The van der Waals surface area contributed by atoms with E-state index in [0.29, 0.717) is 18.2 Å². The molecule has 1 aliphatic rings. The van der Waals surface area contributed by atoms with Crippen molar-refractivity contribution in [3.8, 4) is 11.4 Å². The molecule has 0 radical (unpaired) electrons. The summed E-state index contributed by atoms with van der Waals surface area (Å²) in [5.41, 5.74) is 3.39. The highest BCUT2D eigenvalue weighted by Crippen LogP contribution is 2.36. The Bertz CT molecular complexity index is 1010. The summed E-state index contributed by atoms with van der Waals surface area (Å²) in [6, 6.07) is 18.7. The highest BCUT2D eigenvalue weighted by atomic mass is 32.2. The SMILES string of the molecule is Cc1cccc(-c2nnc(SCC(=O)N(Cc3ccccc3)C(C)C3CC3)n2C)c1. The van der Waals surface area contributed by atoms with Gasteiger partial charge in [0.2, 0.25) is 5.91 Å². The van der Waals surface area contributed by atoms with Crippen LogP contribution in [0.4, 0.5) is 0 Å². The lowest BCUT2D eigenvalue weighted by molar-refractivity contribution is -0.131. The first-order chi connectivity index (χ1) is 14.5. The maximum Gasteiger partial charge on any atom is 0.233 e. The summed E-state index contributed by atoms with van der Waals surface area (Å²) < 4.78 is 1.97. The van der Waals surface area contributed by atoms with Crippen molar-refractivity contribution in [2.45, 2.75) is 44.4 Å². The van der Waals surface area contributed by atoms with Crippen molar-refractivity contribution in [2.24, 2.45) is 13.0 Å². The van der Waals surface area contributed by atoms with E-state index in [2.05, 4.69) is 48.3 Å². The zero-order chi connectivity index (χ0) is 21.1. The summed E-state index contributed by atoms with van der Waals surface area (Å²) in [7, 11) is 1.96. The molecule has 1 heterocycles. The number of carbonyl (C=O) groups is 1. The average molecular weight is 421 g/mol. The Labute approximate surface area is 182 Å². The Hall–Kier alpha value is -2.60. The molecule has 1 saturated carbocycles. The van der Waals surface area contributed by atoms with Crippen molar-refractivity contribution in [1.29, 1.82) is 0 Å². The van der Waals surface area contributed by atoms with Crippen LogP contribution < -0.4 is 0 Å². The lowest BCUT2D eigenvalue weighted by atomic mass is 10.1. The molecule has 0 aliphatic heterocycles. The van der Waals surface area contributed by atoms with E-state index in [4.69, 9.17) is 0 Å². The molecule has 3 aromatic rings. The van der Waals surface area contributed by atoms with Crippen molar-refractivity contribution in [3.05, 3.63) is 65.7 Å². The van der Waals surface area contributed by atoms with Gasteiger partial charge in [0.05, 0.1) is 5.75 Å². The first-order valence-electron chi connectivity index (χ1n) is 10.5. The van der Waals surface area contributed by atoms with Crippen LogP contribution in [0.1, 0.15) is 30.9 Å². The van der Waals surface area contributed by atoms with E-state index >= 15 is 0 Å². The summed E-state index contributed by atoms with van der Waals surface area (Å²) in [5, 5.41) is 9.46. The van der Waals surface area contributed by atoms with Crippen molar-refractivity contribution >= 4 is 17.7 Å². The van der Waals surface area contributed by atoms with Gasteiger partial charge in [-0.25, -0.2) is 0 Å². The average Bonchev–Trinajstić information content (AvgIpc) is 3.54. The zero-order valence-electron chi connectivity index (χ0n) is 17.8. The fraction of sp³-hybridized carbons (Fsp3) is 0.375. The van der Waals surface area contributed by atoms with Crippen molar-refractivity contribution in [2.75, 3.05) is 5.75 Å². The number of carbonyl (C=O) groups excluding carboxylic acids is 1. The molecule has 0 N–H and O–H groups in total. The van der Waals surface area contributed by atoms with Crippen LogP contribution in [0.15, 0.2) is 59.8 Å². The summed E-state index contributed by atoms with van der Waals surface area (Å²) in [4.78, 5) is 15.2. The molecule has 30 heavy (non-hydrogen) atoms. The molecule has 0 spiro atoms. The third-order valence-corrected chi connectivity index (χ3v) is 6.75. The van der Waals surface area contributed by atoms with Crippen LogP contribution in [0.25, 0.3) is 11.4 Å². The largest absolute Gasteiger partial charge is 0.335 e. The van der Waals surface area contributed by atoms with Gasteiger partial charge in [0.1, 0.15) is 0 Å². The van der Waals surface area contributed by atoms with Crippen LogP contribution >= 0.6 is 11.8 Å². The molecule has 4 rings (SSSR count). The van der Waals surface area contributed by atoms with Crippen molar-refractivity contribution in [3.63, 3.8) is 0 Å². The number of hydrogen-bond acceptors (Lipinski definition) is 4. The molecule has 0 bridgehead atoms. The van der Waals surface area contributed by atoms with Gasteiger partial charge in [-0.1, -0.05) is 65.9 Å². The van der Waals surface area contributed by atoms with E-state index in [-0.39, 0.29) is 11.9 Å². The summed E-state index contributed by atoms with van der Waals surface area (Å²) in [6.07, 6.45) is 2.44. The number of amides is 1. The number of nitrogens with zero attached hydrogens (tertiary/aromatic N) is 4. The molecule has 0 saturated heterocycles. The van der Waals surface area contributed by atoms with Gasteiger partial charge in [-0.05, 0) is 44.2 Å². The Morgan fingerprint density at radius 1 is 1.17 bits per heavy atom. The fourth-order valence-electron chi connectivity index (χ4n) is 3.76. The second-order valence-electron chi connectivity index (χ2n) is 8.11. The van der Waals surface area contributed by atoms with Crippen LogP contribution in [0.5, 0.6) is 0 Å². The molecule has 1 aromatic heterocycles. The van der Waals surface area contributed by atoms with Gasteiger partial charge in [0, 0.05) is 25.2 Å². The normalized spacial score (nSPS) is 14.5. The number of thioether (sulfide) groups is 1. The molecule has 1 unspecified atom stereocenters. The number of benzene rings is 2. The molecular weight excluding hydrogens is 392 g/mol. The molecule has 6 heteroatoms. The topological polar surface area (TPSA) is 51.0 Å². The van der Waals surface area contributed by atoms with E-state index in [1.54, 1.807) is 0 Å². The Balaban J connectivity index is 1.45. The molecule has 156 valence electrons. The zero-order valence-corrected chi connectivity index (χ0v) is 18.6. The minimum Gasteiger partial charge on any atom is -0.335 e. The van der Waals surface area contributed by atoms with E-state index in [1.165, 1.54) is 35.7 Å². The number of hydrogen-bond donors (Lipinski definition) is 0. The van der Waals surface area contributed by atoms with E-state index in [9.17, 15) is 4.79 Å². The summed E-state index contributed by atoms with van der Waals surface area (Å²) in [5.74, 6) is 1.97. The number of aryl methyl sites for hydroxylation is 1. The molecule has 2 aromatic carbocycles. The predicted octanol–water partition coefficient (Wildman–Crippen LogP) is 4.71. The van der Waals surface area contributed by atoms with Crippen LogP contribution in [0, 0.1) is 12.8 Å². The second kappa shape index (κ2) is 9.04. The van der Waals surface area contributed by atoms with Gasteiger partial charge >= 0.3 is 0 Å². The number of aromatic nitrogens is 3. The van der Waals surface area contributed by atoms with E-state index in [1.807, 2.05) is 46.8 Å². The molecular formula is C24H28N4OS. The quantitative estimate of drug-likeness (QED) is 0.495. The highest BCUT2D eigenvalue weighted by Gasteiger charge is 2.34. The highest BCUT2D eigenvalue weighted by molar-refractivity contribution is 7.99. The van der Waals surface area contributed by atoms with E-state index in [0.717, 1.165) is 16.5 Å². The van der Waals surface area contributed by atoms with Crippen LogP contribution in [0.2, 0.25) is 0 Å². The summed E-state index contributed by atoms with van der Waals surface area (Å²) >= 11 is 1.46. The van der Waals surface area contributed by atoms with Crippen LogP contribution in [-0.2, 0) is 18.4 Å². The molecule has 1 fully saturated rings. The predicted molar refractivity (Wildman–Crippen MR) is 121 cm³/mol. The second-order valence-corrected chi connectivity index (χ2v) is 9.05.